The summed E-state index contributed by atoms with van der Waals surface area (Å²) in [6.07, 6.45) is 2.00. The molecule has 0 heterocycles. The number of rotatable bonds is 7. The Morgan fingerprint density at radius 3 is 2.18 bits per heavy atom. The molecule has 33 heavy (non-hydrogen) atoms. The van der Waals surface area contributed by atoms with Gasteiger partial charge in [-0.3, -0.25) is 14.3 Å². The van der Waals surface area contributed by atoms with Gasteiger partial charge in [0, 0.05) is 28.5 Å². The van der Waals surface area contributed by atoms with Gasteiger partial charge in [0.2, 0.25) is 0 Å². The molecule has 0 unspecified atom stereocenters. The highest BCUT2D eigenvalue weighted by atomic mass is 32.2. The monoisotopic (exact) mass is 463 g/mol. The van der Waals surface area contributed by atoms with Gasteiger partial charge in [0.25, 0.3) is 21.8 Å². The number of sulfonamides is 1. The first-order valence-electron chi connectivity index (χ1n) is 10.6. The Labute approximate surface area is 193 Å². The summed E-state index contributed by atoms with van der Waals surface area (Å²) in [7, 11) is -3.74. The Bertz CT molecular complexity index is 1310. The molecule has 3 aromatic rings. The molecule has 0 saturated heterocycles. The van der Waals surface area contributed by atoms with Crippen LogP contribution in [0.25, 0.3) is 0 Å². The summed E-state index contributed by atoms with van der Waals surface area (Å²) < 4.78 is 27.9. The van der Waals surface area contributed by atoms with Crippen molar-refractivity contribution in [3.8, 4) is 0 Å². The zero-order chi connectivity index (χ0) is 23.6. The fourth-order valence-corrected chi connectivity index (χ4v) is 4.37. The summed E-state index contributed by atoms with van der Waals surface area (Å²) in [4.78, 5) is 25.0. The highest BCUT2D eigenvalue weighted by Gasteiger charge is 2.24. The molecule has 0 aromatic heterocycles. The van der Waals surface area contributed by atoms with Gasteiger partial charge in [-0.05, 0) is 92.4 Å². The lowest BCUT2D eigenvalue weighted by Gasteiger charge is -2.11. The zero-order valence-corrected chi connectivity index (χ0v) is 19.2. The maximum Gasteiger partial charge on any atom is 0.261 e. The van der Waals surface area contributed by atoms with E-state index in [0.717, 1.165) is 24.0 Å². The molecular formula is C25H25N3O4S. The third kappa shape index (κ3) is 5.59. The molecule has 1 aliphatic carbocycles. The van der Waals surface area contributed by atoms with Gasteiger partial charge in [-0.25, -0.2) is 8.42 Å². The van der Waals surface area contributed by atoms with E-state index in [1.165, 1.54) is 24.3 Å². The molecule has 1 saturated carbocycles. The van der Waals surface area contributed by atoms with Gasteiger partial charge in [0.15, 0.2) is 0 Å². The molecule has 7 nitrogen and oxygen atoms in total. The fraction of sp³-hybridized carbons (Fsp3) is 0.200. The second-order valence-corrected chi connectivity index (χ2v) is 9.89. The molecule has 2 amide bonds. The fourth-order valence-electron chi connectivity index (χ4n) is 3.22. The minimum absolute atomic E-state index is 0.158. The topological polar surface area (TPSA) is 104 Å². The van der Waals surface area contributed by atoms with Gasteiger partial charge in [-0.2, -0.15) is 0 Å². The highest BCUT2D eigenvalue weighted by molar-refractivity contribution is 7.92. The van der Waals surface area contributed by atoms with Crippen LogP contribution in [-0.2, 0) is 10.0 Å². The number of anilines is 2. The zero-order valence-electron chi connectivity index (χ0n) is 18.4. The minimum atomic E-state index is -3.74. The van der Waals surface area contributed by atoms with Crippen LogP contribution in [0.1, 0.15) is 44.7 Å². The maximum atomic E-state index is 12.7. The predicted octanol–water partition coefficient (Wildman–Crippen LogP) is 4.25. The SMILES string of the molecule is Cc1ccc(S(=O)(=O)Nc2ccc(C(=O)Nc3cccc(C(=O)NC4CC4)c3)cc2)cc1C. The van der Waals surface area contributed by atoms with Crippen LogP contribution in [0.15, 0.2) is 71.6 Å². The number of amides is 2. The average Bonchev–Trinajstić information content (AvgIpc) is 3.60. The van der Waals surface area contributed by atoms with Gasteiger partial charge in [0.05, 0.1) is 4.90 Å². The van der Waals surface area contributed by atoms with E-state index in [4.69, 9.17) is 0 Å². The van der Waals surface area contributed by atoms with Gasteiger partial charge in [-0.15, -0.1) is 0 Å². The lowest BCUT2D eigenvalue weighted by molar-refractivity contribution is 0.0949. The van der Waals surface area contributed by atoms with Crippen LogP contribution in [0, 0.1) is 13.8 Å². The molecule has 8 heteroatoms. The molecule has 3 N–H and O–H groups in total. The molecule has 1 fully saturated rings. The van der Waals surface area contributed by atoms with Gasteiger partial charge in [-0.1, -0.05) is 12.1 Å². The van der Waals surface area contributed by atoms with Crippen molar-refractivity contribution in [1.29, 1.82) is 0 Å². The summed E-state index contributed by atoms with van der Waals surface area (Å²) in [5, 5.41) is 5.69. The smallest absolute Gasteiger partial charge is 0.261 e. The van der Waals surface area contributed by atoms with Crippen molar-refractivity contribution in [1.82, 2.24) is 5.32 Å². The summed E-state index contributed by atoms with van der Waals surface area (Å²) >= 11 is 0. The molecule has 0 atom stereocenters. The number of nitrogens with one attached hydrogen (secondary N) is 3. The molecule has 170 valence electrons. The summed E-state index contributed by atoms with van der Waals surface area (Å²) in [5.74, 6) is -0.521. The third-order valence-electron chi connectivity index (χ3n) is 5.48. The molecule has 0 aliphatic heterocycles. The van der Waals surface area contributed by atoms with E-state index in [2.05, 4.69) is 15.4 Å². The standard InChI is InChI=1S/C25H25N3O4S/c1-16-6-13-23(14-17(16)2)33(31,32)28-21-9-7-18(8-10-21)24(29)27-22-5-3-4-19(15-22)25(30)26-20-11-12-20/h3-10,13-15,20,28H,11-12H2,1-2H3,(H,26,30)(H,27,29). The van der Waals surface area contributed by atoms with E-state index in [1.807, 2.05) is 13.8 Å². The van der Waals surface area contributed by atoms with E-state index in [1.54, 1.807) is 42.5 Å². The first-order valence-corrected chi connectivity index (χ1v) is 12.1. The maximum absolute atomic E-state index is 12.7. The number of aryl methyl sites for hydroxylation is 2. The first-order chi connectivity index (χ1) is 15.7. The van der Waals surface area contributed by atoms with Crippen molar-refractivity contribution < 1.29 is 18.0 Å². The van der Waals surface area contributed by atoms with Crippen LogP contribution >= 0.6 is 0 Å². The molecule has 0 spiro atoms. The van der Waals surface area contributed by atoms with Crippen LogP contribution in [-0.4, -0.2) is 26.3 Å². The van der Waals surface area contributed by atoms with Crippen LogP contribution < -0.4 is 15.4 Å². The van der Waals surface area contributed by atoms with Gasteiger partial charge in [0.1, 0.15) is 0 Å². The van der Waals surface area contributed by atoms with Crippen LogP contribution in [0.3, 0.4) is 0 Å². The van der Waals surface area contributed by atoms with Crippen molar-refractivity contribution >= 4 is 33.2 Å². The second kappa shape index (κ2) is 9.07. The van der Waals surface area contributed by atoms with Crippen molar-refractivity contribution in [3.05, 3.63) is 89.0 Å². The summed E-state index contributed by atoms with van der Waals surface area (Å²) in [6, 6.07) is 18.1. The number of hydrogen-bond donors (Lipinski definition) is 3. The third-order valence-corrected chi connectivity index (χ3v) is 6.86. The number of benzene rings is 3. The molecule has 4 rings (SSSR count). The van der Waals surface area contributed by atoms with E-state index < -0.39 is 10.0 Å². The van der Waals surface area contributed by atoms with Crippen LogP contribution in [0.5, 0.6) is 0 Å². The second-order valence-electron chi connectivity index (χ2n) is 8.21. The predicted molar refractivity (Wildman–Crippen MR) is 128 cm³/mol. The van der Waals surface area contributed by atoms with Crippen molar-refractivity contribution in [2.45, 2.75) is 37.6 Å². The Morgan fingerprint density at radius 1 is 0.788 bits per heavy atom. The van der Waals surface area contributed by atoms with E-state index in [9.17, 15) is 18.0 Å². The van der Waals surface area contributed by atoms with Gasteiger partial charge >= 0.3 is 0 Å². The lowest BCUT2D eigenvalue weighted by atomic mass is 10.1. The van der Waals surface area contributed by atoms with Crippen molar-refractivity contribution in [2.24, 2.45) is 0 Å². The minimum Gasteiger partial charge on any atom is -0.349 e. The Morgan fingerprint density at radius 2 is 1.52 bits per heavy atom. The van der Waals surface area contributed by atoms with E-state index in [0.29, 0.717) is 22.5 Å². The largest absolute Gasteiger partial charge is 0.349 e. The normalized spacial score (nSPS) is 13.3. The van der Waals surface area contributed by atoms with Crippen LogP contribution in [0.2, 0.25) is 0 Å². The van der Waals surface area contributed by atoms with Crippen LogP contribution in [0.4, 0.5) is 11.4 Å². The highest BCUT2D eigenvalue weighted by Crippen LogP contribution is 2.21. The van der Waals surface area contributed by atoms with Crippen molar-refractivity contribution in [2.75, 3.05) is 10.0 Å². The van der Waals surface area contributed by atoms with E-state index in [-0.39, 0.29) is 22.8 Å². The Balaban J connectivity index is 1.42. The number of hydrogen-bond acceptors (Lipinski definition) is 4. The lowest BCUT2D eigenvalue weighted by Crippen LogP contribution is -2.25. The Hall–Kier alpha value is -3.65. The summed E-state index contributed by atoms with van der Waals surface area (Å²) in [6.45, 7) is 3.78. The average molecular weight is 464 g/mol. The molecule has 3 aromatic carbocycles. The Kier molecular flexibility index (Phi) is 6.20. The molecule has 0 radical (unpaired) electrons. The first kappa shape index (κ1) is 22.5. The molecule has 0 bridgehead atoms. The van der Waals surface area contributed by atoms with Crippen molar-refractivity contribution in [3.63, 3.8) is 0 Å². The van der Waals surface area contributed by atoms with Gasteiger partial charge < -0.3 is 10.6 Å². The molecule has 1 aliphatic rings. The quantitative estimate of drug-likeness (QED) is 0.487. The summed E-state index contributed by atoms with van der Waals surface area (Å²) in [5.41, 5.74) is 3.59. The number of carbonyl (C=O) groups excluding carboxylic acids is 2. The van der Waals surface area contributed by atoms with E-state index >= 15 is 0 Å². The number of carbonyl (C=O) groups is 2. The molecular weight excluding hydrogens is 438 g/mol.